The van der Waals surface area contributed by atoms with E-state index in [1.165, 1.54) is 12.3 Å². The molecule has 3 aromatic rings. The molecule has 1 aromatic carbocycles. The van der Waals surface area contributed by atoms with Gasteiger partial charge in [-0.05, 0) is 42.5 Å². The zero-order valence-corrected chi connectivity index (χ0v) is 17.9. The van der Waals surface area contributed by atoms with Crippen molar-refractivity contribution in [1.82, 2.24) is 9.97 Å². The van der Waals surface area contributed by atoms with Gasteiger partial charge in [-0.15, -0.1) is 0 Å². The third-order valence-electron chi connectivity index (χ3n) is 4.94. The maximum atomic E-state index is 13.0. The fourth-order valence-corrected chi connectivity index (χ4v) is 3.97. The van der Waals surface area contributed by atoms with E-state index in [4.69, 9.17) is 17.3 Å². The Kier molecular flexibility index (Phi) is 5.37. The first kappa shape index (κ1) is 20.8. The lowest BCUT2D eigenvalue weighted by atomic mass is 9.85. The molecule has 150 valence electrons. The number of primary amides is 1. The molecule has 0 aliphatic carbocycles. The zero-order valence-electron chi connectivity index (χ0n) is 17.2. The second-order valence-corrected chi connectivity index (χ2v) is 8.62. The number of nitrogens with one attached hydrogen (secondary N) is 1. The minimum absolute atomic E-state index is 0.0719. The topological polar surface area (TPSA) is 88.8 Å². The van der Waals surface area contributed by atoms with E-state index in [1.54, 1.807) is 19.1 Å². The first-order valence-corrected chi connectivity index (χ1v) is 9.68. The summed E-state index contributed by atoms with van der Waals surface area (Å²) in [6.07, 6.45) is 1.48. The summed E-state index contributed by atoms with van der Waals surface area (Å²) in [5.74, 6) is -0.677. The average Bonchev–Trinajstić information content (AvgIpc) is 2.62. The first-order valence-electron chi connectivity index (χ1n) is 9.31. The van der Waals surface area contributed by atoms with Crippen LogP contribution in [0.2, 0.25) is 5.02 Å². The summed E-state index contributed by atoms with van der Waals surface area (Å²) < 4.78 is 0. The van der Waals surface area contributed by atoms with Gasteiger partial charge in [0.2, 0.25) is 0 Å². The lowest BCUT2D eigenvalue weighted by molar-refractivity contribution is 0.0996. The minimum atomic E-state index is -0.677. The molecule has 0 saturated carbocycles. The van der Waals surface area contributed by atoms with Gasteiger partial charge in [-0.2, -0.15) is 0 Å². The molecule has 29 heavy (non-hydrogen) atoms. The van der Waals surface area contributed by atoms with E-state index >= 15 is 0 Å². The summed E-state index contributed by atoms with van der Waals surface area (Å²) in [4.78, 5) is 32.0. The Balaban J connectivity index is 2.19. The number of nitrogens with zero attached hydrogens (tertiary/aromatic N) is 1. The molecule has 2 aromatic heterocycles. The molecule has 0 radical (unpaired) electrons. The number of aryl methyl sites for hydroxylation is 2. The van der Waals surface area contributed by atoms with Crippen molar-refractivity contribution < 1.29 is 4.79 Å². The summed E-state index contributed by atoms with van der Waals surface area (Å²) in [6.45, 7) is 10.1. The number of H-pyrrole nitrogens is 1. The van der Waals surface area contributed by atoms with Crippen LogP contribution < -0.4 is 11.2 Å². The Hall–Kier alpha value is -2.92. The van der Waals surface area contributed by atoms with Crippen LogP contribution in [0, 0.1) is 13.8 Å². The Labute approximate surface area is 175 Å². The molecule has 1 amide bonds. The highest BCUT2D eigenvalue weighted by Crippen LogP contribution is 2.35. The second-order valence-electron chi connectivity index (χ2n) is 8.21. The molecule has 6 heteroatoms. The molecular weight excluding hydrogens is 386 g/mol. The first-order chi connectivity index (χ1) is 13.5. The van der Waals surface area contributed by atoms with E-state index in [1.807, 2.05) is 13.0 Å². The number of benzene rings is 1. The molecule has 0 fully saturated rings. The largest absolute Gasteiger partial charge is 0.364 e. The van der Waals surface area contributed by atoms with E-state index in [-0.39, 0.29) is 16.5 Å². The molecule has 0 unspecified atom stereocenters. The van der Waals surface area contributed by atoms with Gasteiger partial charge < -0.3 is 10.7 Å². The lowest BCUT2D eigenvalue weighted by Gasteiger charge is -2.22. The van der Waals surface area contributed by atoms with Crippen LogP contribution in [0.25, 0.3) is 22.4 Å². The maximum absolute atomic E-state index is 13.0. The molecule has 5 nitrogen and oxygen atoms in total. The van der Waals surface area contributed by atoms with E-state index in [9.17, 15) is 9.59 Å². The third kappa shape index (κ3) is 3.96. The van der Waals surface area contributed by atoms with Crippen molar-refractivity contribution in [2.75, 3.05) is 0 Å². The van der Waals surface area contributed by atoms with Gasteiger partial charge in [0, 0.05) is 39.8 Å². The number of pyridine rings is 2. The summed E-state index contributed by atoms with van der Waals surface area (Å²) in [7, 11) is 0. The van der Waals surface area contributed by atoms with Crippen molar-refractivity contribution in [1.29, 1.82) is 0 Å². The van der Waals surface area contributed by atoms with Gasteiger partial charge in [-0.1, -0.05) is 44.5 Å². The smallest absolute Gasteiger partial charge is 0.267 e. The predicted octanol–water partition coefficient (Wildman–Crippen LogP) is 4.77. The van der Waals surface area contributed by atoms with Crippen molar-refractivity contribution in [2.24, 2.45) is 5.73 Å². The number of amides is 1. The molecule has 0 spiro atoms. The Morgan fingerprint density at radius 3 is 2.41 bits per heavy atom. The van der Waals surface area contributed by atoms with E-state index < -0.39 is 5.91 Å². The number of aromatic amines is 1. The number of hydrogen-bond acceptors (Lipinski definition) is 3. The van der Waals surface area contributed by atoms with Gasteiger partial charge in [-0.3, -0.25) is 14.6 Å². The van der Waals surface area contributed by atoms with Crippen molar-refractivity contribution in [3.05, 3.63) is 74.3 Å². The highest BCUT2D eigenvalue weighted by molar-refractivity contribution is 6.31. The van der Waals surface area contributed by atoms with Crippen molar-refractivity contribution in [2.45, 2.75) is 40.0 Å². The van der Waals surface area contributed by atoms with Crippen LogP contribution >= 0.6 is 11.6 Å². The fourth-order valence-electron chi connectivity index (χ4n) is 3.52. The normalized spacial score (nSPS) is 11.5. The van der Waals surface area contributed by atoms with Gasteiger partial charge in [-0.25, -0.2) is 0 Å². The third-order valence-corrected chi connectivity index (χ3v) is 5.25. The summed E-state index contributed by atoms with van der Waals surface area (Å²) in [5, 5.41) is 0.656. The maximum Gasteiger partial charge on any atom is 0.267 e. The number of carbonyl (C=O) groups excluding carboxylic acids is 1. The van der Waals surface area contributed by atoms with Crippen LogP contribution in [0.5, 0.6) is 0 Å². The number of carbonyl (C=O) groups is 1. The number of nitrogens with two attached hydrogens (primary N) is 1. The van der Waals surface area contributed by atoms with Crippen LogP contribution in [-0.2, 0) is 5.41 Å². The standard InChI is InChI=1S/C23H24ClN3O2/c1-12-9-16(23(3,4)5)17(24)10-15(12)18-11-19(28)20(13(2)27-18)14-7-6-8-26-21(14)22(25)29/h6-11H,1-5H3,(H2,25,29)(H,27,28). The summed E-state index contributed by atoms with van der Waals surface area (Å²) >= 11 is 6.55. The lowest BCUT2D eigenvalue weighted by Crippen LogP contribution is -2.17. The molecule has 0 atom stereocenters. The number of hydrogen-bond donors (Lipinski definition) is 2. The monoisotopic (exact) mass is 409 g/mol. The van der Waals surface area contributed by atoms with Crippen LogP contribution in [0.15, 0.2) is 41.3 Å². The van der Waals surface area contributed by atoms with Gasteiger partial charge in [0.05, 0.1) is 5.56 Å². The van der Waals surface area contributed by atoms with Crippen LogP contribution in [0.3, 0.4) is 0 Å². The SMILES string of the molecule is Cc1cc(C(C)(C)C)c(Cl)cc1-c1cc(=O)c(-c2cccnc2C(N)=O)c(C)[nH]1. The molecule has 3 rings (SSSR count). The number of halogens is 1. The van der Waals surface area contributed by atoms with E-state index in [0.29, 0.717) is 27.5 Å². The quantitative estimate of drug-likeness (QED) is 0.652. The molecule has 0 bridgehead atoms. The number of rotatable bonds is 3. The molecule has 0 saturated heterocycles. The molecule has 0 aliphatic heterocycles. The molecule has 2 heterocycles. The van der Waals surface area contributed by atoms with Gasteiger partial charge in [0.15, 0.2) is 5.43 Å². The summed E-state index contributed by atoms with van der Waals surface area (Å²) in [5.41, 5.74) is 10.2. The highest BCUT2D eigenvalue weighted by atomic mass is 35.5. The summed E-state index contributed by atoms with van der Waals surface area (Å²) in [6, 6.07) is 8.82. The van der Waals surface area contributed by atoms with Crippen molar-refractivity contribution in [3.8, 4) is 22.4 Å². The van der Waals surface area contributed by atoms with Gasteiger partial charge in [0.25, 0.3) is 5.91 Å². The Morgan fingerprint density at radius 1 is 1.14 bits per heavy atom. The van der Waals surface area contributed by atoms with Crippen LogP contribution in [0.1, 0.15) is 48.1 Å². The molecular formula is C23H24ClN3O2. The Morgan fingerprint density at radius 2 is 1.83 bits per heavy atom. The zero-order chi connectivity index (χ0) is 21.5. The van der Waals surface area contributed by atoms with Gasteiger partial charge in [0.1, 0.15) is 5.69 Å². The minimum Gasteiger partial charge on any atom is -0.364 e. The molecule has 3 N–H and O–H groups in total. The van der Waals surface area contributed by atoms with E-state index in [2.05, 4.69) is 36.8 Å². The Bertz CT molecular complexity index is 1170. The predicted molar refractivity (Wildman–Crippen MR) is 117 cm³/mol. The van der Waals surface area contributed by atoms with Crippen LogP contribution in [0.4, 0.5) is 0 Å². The molecule has 0 aliphatic rings. The van der Waals surface area contributed by atoms with Gasteiger partial charge >= 0.3 is 0 Å². The van der Waals surface area contributed by atoms with Crippen LogP contribution in [-0.4, -0.2) is 15.9 Å². The highest BCUT2D eigenvalue weighted by Gasteiger charge is 2.21. The second kappa shape index (κ2) is 7.48. The van der Waals surface area contributed by atoms with Crippen molar-refractivity contribution >= 4 is 17.5 Å². The average molecular weight is 410 g/mol. The fraction of sp³-hybridized carbons (Fsp3) is 0.261. The number of aromatic nitrogens is 2. The van der Waals surface area contributed by atoms with Crippen molar-refractivity contribution in [3.63, 3.8) is 0 Å². The van der Waals surface area contributed by atoms with E-state index in [0.717, 1.165) is 16.7 Å².